The molecule has 3 atom stereocenters. The minimum absolute atomic E-state index is 0.138. The number of unbranched alkanes of at least 4 members (excludes halogenated alkanes) is 1. The zero-order valence-electron chi connectivity index (χ0n) is 16.0. The smallest absolute Gasteiger partial charge is 0.0484 e. The topological polar surface area (TPSA) is 29.5 Å². The number of hydrogen-bond donors (Lipinski definition) is 1. The quantitative estimate of drug-likeness (QED) is 0.555. The van der Waals surface area contributed by atoms with Crippen LogP contribution in [-0.4, -0.2) is 25.4 Å². The van der Waals surface area contributed by atoms with Gasteiger partial charge in [-0.15, -0.1) is 0 Å². The summed E-state index contributed by atoms with van der Waals surface area (Å²) in [5.41, 5.74) is 4.76. The number of aryl methyl sites for hydroxylation is 1. The highest BCUT2D eigenvalue weighted by Crippen LogP contribution is 2.46. The van der Waals surface area contributed by atoms with Crippen molar-refractivity contribution in [3.63, 3.8) is 0 Å². The molecule has 1 N–H and O–H groups in total. The van der Waals surface area contributed by atoms with Crippen molar-refractivity contribution >= 4 is 0 Å². The lowest BCUT2D eigenvalue weighted by molar-refractivity contribution is 0.147. The van der Waals surface area contributed by atoms with Crippen LogP contribution in [0.25, 0.3) is 0 Å². The minimum atomic E-state index is 0.138. The van der Waals surface area contributed by atoms with Crippen LogP contribution in [-0.2, 0) is 17.6 Å². The lowest BCUT2D eigenvalue weighted by Crippen LogP contribution is -2.17. The molecule has 0 bridgehead atoms. The van der Waals surface area contributed by atoms with Crippen molar-refractivity contribution in [1.82, 2.24) is 0 Å². The molecular weight excluding hydrogens is 308 g/mol. The molecule has 1 saturated carbocycles. The molecular formula is C23H34O2. The average molecular weight is 343 g/mol. The average Bonchev–Trinajstić information content (AvgIpc) is 3.04. The lowest BCUT2D eigenvalue weighted by Gasteiger charge is -2.25. The van der Waals surface area contributed by atoms with Crippen LogP contribution < -0.4 is 0 Å². The van der Waals surface area contributed by atoms with E-state index in [4.69, 9.17) is 4.74 Å². The second kappa shape index (κ2) is 8.51. The van der Waals surface area contributed by atoms with Gasteiger partial charge in [-0.2, -0.15) is 0 Å². The van der Waals surface area contributed by atoms with Crippen molar-refractivity contribution in [1.29, 1.82) is 0 Å². The van der Waals surface area contributed by atoms with Crippen molar-refractivity contribution in [2.45, 2.75) is 64.2 Å². The summed E-state index contributed by atoms with van der Waals surface area (Å²) in [7, 11) is 1.77. The van der Waals surface area contributed by atoms with Crippen LogP contribution >= 0.6 is 0 Å². The van der Waals surface area contributed by atoms with Gasteiger partial charge in [-0.25, -0.2) is 0 Å². The molecule has 0 saturated heterocycles. The Balaban J connectivity index is 1.58. The van der Waals surface area contributed by atoms with Crippen molar-refractivity contribution in [3.8, 4) is 0 Å². The van der Waals surface area contributed by atoms with E-state index in [0.29, 0.717) is 18.4 Å². The summed E-state index contributed by atoms with van der Waals surface area (Å²) in [6, 6.07) is 7.21. The van der Waals surface area contributed by atoms with Gasteiger partial charge in [0.15, 0.2) is 0 Å². The third-order valence-electron chi connectivity index (χ3n) is 6.31. The number of hydrogen-bond acceptors (Lipinski definition) is 2. The van der Waals surface area contributed by atoms with E-state index in [1.807, 2.05) is 0 Å². The maximum Gasteiger partial charge on any atom is 0.0484 e. The number of aliphatic hydroxyl groups is 1. The predicted molar refractivity (Wildman–Crippen MR) is 104 cm³/mol. The van der Waals surface area contributed by atoms with Gasteiger partial charge in [0.2, 0.25) is 0 Å². The highest BCUT2D eigenvalue weighted by molar-refractivity contribution is 5.37. The molecule has 0 heterocycles. The fraction of sp³-hybridized carbons (Fsp3) is 0.652. The number of aliphatic hydroxyl groups excluding tert-OH is 1. The first-order chi connectivity index (χ1) is 12.1. The molecule has 2 aliphatic carbocycles. The van der Waals surface area contributed by atoms with Gasteiger partial charge in [0.05, 0.1) is 0 Å². The Kier molecular flexibility index (Phi) is 6.35. The van der Waals surface area contributed by atoms with Gasteiger partial charge in [-0.05, 0) is 85.3 Å². The van der Waals surface area contributed by atoms with E-state index in [-0.39, 0.29) is 5.41 Å². The molecule has 138 valence electrons. The van der Waals surface area contributed by atoms with Crippen LogP contribution in [0.15, 0.2) is 30.4 Å². The Bertz CT molecular complexity index is 592. The van der Waals surface area contributed by atoms with Crippen LogP contribution in [0.3, 0.4) is 0 Å². The Morgan fingerprint density at radius 2 is 2.16 bits per heavy atom. The van der Waals surface area contributed by atoms with Crippen molar-refractivity contribution in [2.24, 2.45) is 11.3 Å². The van der Waals surface area contributed by atoms with Gasteiger partial charge < -0.3 is 9.84 Å². The van der Waals surface area contributed by atoms with E-state index in [1.165, 1.54) is 31.2 Å². The predicted octanol–water partition coefficient (Wildman–Crippen LogP) is 5.04. The van der Waals surface area contributed by atoms with E-state index < -0.39 is 0 Å². The molecule has 2 nitrogen and oxygen atoms in total. The van der Waals surface area contributed by atoms with Gasteiger partial charge in [-0.3, -0.25) is 0 Å². The molecule has 3 rings (SSSR count). The van der Waals surface area contributed by atoms with Crippen LogP contribution in [0.4, 0.5) is 0 Å². The summed E-state index contributed by atoms with van der Waals surface area (Å²) in [6.45, 7) is 3.42. The van der Waals surface area contributed by atoms with Crippen LogP contribution in [0.2, 0.25) is 0 Å². The van der Waals surface area contributed by atoms with Crippen molar-refractivity contribution in [3.05, 3.63) is 47.0 Å². The third-order valence-corrected chi connectivity index (χ3v) is 6.31. The maximum absolute atomic E-state index is 9.62. The van der Waals surface area contributed by atoms with Gasteiger partial charge in [-0.1, -0.05) is 37.3 Å². The van der Waals surface area contributed by atoms with Gasteiger partial charge >= 0.3 is 0 Å². The third kappa shape index (κ3) is 4.74. The summed E-state index contributed by atoms with van der Waals surface area (Å²) in [6.07, 6.45) is 14.2. The highest BCUT2D eigenvalue weighted by Gasteiger charge is 2.35. The molecule has 0 aromatic heterocycles. The summed E-state index contributed by atoms with van der Waals surface area (Å²) >= 11 is 0. The number of benzene rings is 1. The molecule has 0 spiro atoms. The maximum atomic E-state index is 9.62. The van der Waals surface area contributed by atoms with E-state index in [9.17, 15) is 5.11 Å². The first-order valence-corrected chi connectivity index (χ1v) is 10.0. The molecule has 0 amide bonds. The molecule has 1 fully saturated rings. The molecule has 0 aliphatic heterocycles. The number of rotatable bonds is 7. The zero-order chi connectivity index (χ0) is 17.7. The molecule has 0 unspecified atom stereocenters. The Morgan fingerprint density at radius 1 is 1.28 bits per heavy atom. The molecule has 2 aliphatic rings. The lowest BCUT2D eigenvalue weighted by atomic mass is 9.81. The van der Waals surface area contributed by atoms with Gasteiger partial charge in [0.25, 0.3) is 0 Å². The monoisotopic (exact) mass is 342 g/mol. The molecule has 0 radical (unpaired) electrons. The van der Waals surface area contributed by atoms with Gasteiger partial charge in [0.1, 0.15) is 0 Å². The largest absolute Gasteiger partial charge is 0.396 e. The standard InChI is InChI=1S/C23H34O2/c1-23(17-24)12-11-22(16-23)21-10-9-19-14-18(7-8-20(19)15-21)6-4-3-5-13-25-2/h4,6,9-10,15,18,22,24H,3,5,7-8,11-14,16-17H2,1-2H3/b6-4+/t18-,22+,23+/m1/s1. The Hall–Kier alpha value is -1.12. The van der Waals surface area contributed by atoms with E-state index >= 15 is 0 Å². The SMILES string of the molecule is COCCC/C=C/[C@@H]1CCc2cc([C@H]3CC[C@](C)(CO)C3)ccc2C1. The Labute approximate surface area is 153 Å². The van der Waals surface area contributed by atoms with Crippen LogP contribution in [0.5, 0.6) is 0 Å². The number of methoxy groups -OCH3 is 1. The van der Waals surface area contributed by atoms with Crippen LogP contribution in [0.1, 0.15) is 68.1 Å². The van der Waals surface area contributed by atoms with E-state index in [2.05, 4.69) is 37.3 Å². The first kappa shape index (κ1) is 18.7. The first-order valence-electron chi connectivity index (χ1n) is 10.0. The molecule has 1 aromatic rings. The normalized spacial score (nSPS) is 29.2. The summed E-state index contributed by atoms with van der Waals surface area (Å²) in [5.74, 6) is 1.34. The van der Waals surface area contributed by atoms with Crippen molar-refractivity contribution in [2.75, 3.05) is 20.3 Å². The molecule has 1 aromatic carbocycles. The second-order valence-corrected chi connectivity index (χ2v) is 8.50. The zero-order valence-corrected chi connectivity index (χ0v) is 16.0. The van der Waals surface area contributed by atoms with Gasteiger partial charge in [0, 0.05) is 20.3 Å². The number of allylic oxidation sites excluding steroid dienone is 2. The fourth-order valence-electron chi connectivity index (χ4n) is 4.61. The van der Waals surface area contributed by atoms with E-state index in [1.54, 1.807) is 18.2 Å². The fourth-order valence-corrected chi connectivity index (χ4v) is 4.61. The minimum Gasteiger partial charge on any atom is -0.396 e. The summed E-state index contributed by atoms with van der Waals surface area (Å²) < 4.78 is 5.11. The second-order valence-electron chi connectivity index (χ2n) is 8.50. The van der Waals surface area contributed by atoms with Crippen LogP contribution in [0, 0.1) is 11.3 Å². The number of ether oxygens (including phenoxy) is 1. The van der Waals surface area contributed by atoms with Crippen molar-refractivity contribution < 1.29 is 9.84 Å². The van der Waals surface area contributed by atoms with E-state index in [0.717, 1.165) is 32.3 Å². The molecule has 2 heteroatoms. The number of fused-ring (bicyclic) bond motifs is 1. The Morgan fingerprint density at radius 3 is 2.92 bits per heavy atom. The molecule has 25 heavy (non-hydrogen) atoms. The highest BCUT2D eigenvalue weighted by atomic mass is 16.5. The summed E-state index contributed by atoms with van der Waals surface area (Å²) in [5, 5.41) is 9.62. The summed E-state index contributed by atoms with van der Waals surface area (Å²) in [4.78, 5) is 0.